The van der Waals surface area contributed by atoms with Gasteiger partial charge >= 0.3 is 0 Å². The molecule has 170 valence electrons. The predicted octanol–water partition coefficient (Wildman–Crippen LogP) is 3.44. The van der Waals surface area contributed by atoms with Crippen LogP contribution in [0.5, 0.6) is 0 Å². The third kappa shape index (κ3) is 4.13. The lowest BCUT2D eigenvalue weighted by atomic mass is 9.60. The van der Waals surface area contributed by atoms with Crippen LogP contribution in [0.3, 0.4) is 0 Å². The van der Waals surface area contributed by atoms with Gasteiger partial charge in [-0.15, -0.1) is 0 Å². The van der Waals surface area contributed by atoms with Gasteiger partial charge in [0.2, 0.25) is 11.8 Å². The number of rotatable bonds is 6. The Morgan fingerprint density at radius 3 is 2.35 bits per heavy atom. The summed E-state index contributed by atoms with van der Waals surface area (Å²) in [6, 6.07) is 10.3. The minimum atomic E-state index is -0.239. The maximum Gasteiger partial charge on any atom is 0.230 e. The first kappa shape index (κ1) is 22.3. The summed E-state index contributed by atoms with van der Waals surface area (Å²) in [6.45, 7) is 12.9. The van der Waals surface area contributed by atoms with Gasteiger partial charge in [-0.3, -0.25) is 9.59 Å². The number of benzene rings is 1. The minimum absolute atomic E-state index is 0.0269. The van der Waals surface area contributed by atoms with E-state index in [1.807, 2.05) is 18.2 Å². The molecule has 0 radical (unpaired) electrons. The van der Waals surface area contributed by atoms with Crippen LogP contribution >= 0.6 is 0 Å². The van der Waals surface area contributed by atoms with E-state index in [2.05, 4.69) is 47.6 Å². The van der Waals surface area contributed by atoms with Gasteiger partial charge in [0.05, 0.1) is 5.41 Å². The van der Waals surface area contributed by atoms with Crippen molar-refractivity contribution in [2.75, 3.05) is 45.8 Å². The van der Waals surface area contributed by atoms with E-state index < -0.39 is 0 Å². The van der Waals surface area contributed by atoms with Crippen molar-refractivity contribution in [3.8, 4) is 0 Å². The number of fused-ring (bicyclic) bond motifs is 1. The molecule has 5 nitrogen and oxygen atoms in total. The van der Waals surface area contributed by atoms with E-state index in [4.69, 9.17) is 0 Å². The highest BCUT2D eigenvalue weighted by Gasteiger charge is 2.64. The molecule has 2 spiro atoms. The zero-order valence-electron chi connectivity index (χ0n) is 19.6. The van der Waals surface area contributed by atoms with Crippen LogP contribution in [0.1, 0.15) is 52.0 Å². The second-order valence-corrected chi connectivity index (χ2v) is 10.4. The molecule has 3 fully saturated rings. The van der Waals surface area contributed by atoms with E-state index in [0.29, 0.717) is 18.2 Å². The van der Waals surface area contributed by atoms with Crippen LogP contribution < -0.4 is 0 Å². The van der Waals surface area contributed by atoms with Gasteiger partial charge in [0, 0.05) is 57.6 Å². The molecule has 0 saturated carbocycles. The van der Waals surface area contributed by atoms with Crippen LogP contribution in [0.15, 0.2) is 30.3 Å². The fourth-order valence-corrected chi connectivity index (χ4v) is 6.48. The van der Waals surface area contributed by atoms with Gasteiger partial charge in [-0.05, 0) is 44.1 Å². The monoisotopic (exact) mass is 425 g/mol. The maximum absolute atomic E-state index is 13.6. The summed E-state index contributed by atoms with van der Waals surface area (Å²) in [5.74, 6) is 1.24. The number of aryl methyl sites for hydroxylation is 1. The fraction of sp³-hybridized carbons (Fsp3) is 0.692. The molecular weight excluding hydrogens is 386 g/mol. The maximum atomic E-state index is 13.6. The highest BCUT2D eigenvalue weighted by atomic mass is 16.2. The van der Waals surface area contributed by atoms with E-state index in [1.54, 1.807) is 0 Å². The van der Waals surface area contributed by atoms with Crippen molar-refractivity contribution in [2.45, 2.75) is 52.9 Å². The highest BCUT2D eigenvalue weighted by molar-refractivity contribution is 5.87. The van der Waals surface area contributed by atoms with Crippen molar-refractivity contribution in [3.05, 3.63) is 35.9 Å². The molecule has 0 aromatic heterocycles. The standard InChI is InChI=1S/C26H39N3O2/c1-4-28-17-14-26(24(28)31)20-27(18-21(2)3)19-25(26)12-15-29(16-13-25)23(30)11-10-22-8-6-5-7-9-22/h5-9,21H,4,10-20H2,1-3H3/t26-/m1/s1. The Bertz CT molecular complexity index is 785. The summed E-state index contributed by atoms with van der Waals surface area (Å²) >= 11 is 0. The average Bonchev–Trinajstić information content (AvgIpc) is 3.24. The normalized spacial score (nSPS) is 26.0. The van der Waals surface area contributed by atoms with Crippen LogP contribution in [-0.2, 0) is 16.0 Å². The molecule has 5 heteroatoms. The minimum Gasteiger partial charge on any atom is -0.343 e. The Balaban J connectivity index is 1.44. The smallest absolute Gasteiger partial charge is 0.230 e. The van der Waals surface area contributed by atoms with Gasteiger partial charge in [0.1, 0.15) is 0 Å². The number of hydrogen-bond acceptors (Lipinski definition) is 3. The molecule has 3 aliphatic rings. The van der Waals surface area contributed by atoms with Gasteiger partial charge in [-0.1, -0.05) is 44.2 Å². The van der Waals surface area contributed by atoms with Crippen molar-refractivity contribution in [1.29, 1.82) is 0 Å². The second-order valence-electron chi connectivity index (χ2n) is 10.4. The second kappa shape index (κ2) is 8.93. The van der Waals surface area contributed by atoms with Gasteiger partial charge in [-0.25, -0.2) is 0 Å². The summed E-state index contributed by atoms with van der Waals surface area (Å²) in [7, 11) is 0. The number of carbonyl (C=O) groups excluding carboxylic acids is 2. The molecule has 0 bridgehead atoms. The molecule has 3 saturated heterocycles. The first-order chi connectivity index (χ1) is 14.9. The molecule has 1 atom stereocenters. The third-order valence-corrected chi connectivity index (χ3v) is 8.09. The lowest BCUT2D eigenvalue weighted by Crippen LogP contribution is -2.53. The number of carbonyl (C=O) groups is 2. The zero-order chi connectivity index (χ0) is 22.1. The molecule has 1 aromatic rings. The van der Waals surface area contributed by atoms with Crippen LogP contribution in [0, 0.1) is 16.7 Å². The number of hydrogen-bond donors (Lipinski definition) is 0. The Kier molecular flexibility index (Phi) is 6.43. The summed E-state index contributed by atoms with van der Waals surface area (Å²) in [5, 5.41) is 0. The Morgan fingerprint density at radius 1 is 1.03 bits per heavy atom. The van der Waals surface area contributed by atoms with E-state index >= 15 is 0 Å². The molecule has 4 rings (SSSR count). The van der Waals surface area contributed by atoms with Gasteiger partial charge in [-0.2, -0.15) is 0 Å². The third-order valence-electron chi connectivity index (χ3n) is 8.09. The Morgan fingerprint density at radius 2 is 1.74 bits per heavy atom. The molecule has 0 unspecified atom stereocenters. The molecule has 0 aliphatic carbocycles. The average molecular weight is 426 g/mol. The van der Waals surface area contributed by atoms with Crippen molar-refractivity contribution >= 4 is 11.8 Å². The fourth-order valence-electron chi connectivity index (χ4n) is 6.48. The number of nitrogens with zero attached hydrogens (tertiary/aromatic N) is 3. The van der Waals surface area contributed by atoms with Gasteiger partial charge < -0.3 is 14.7 Å². The van der Waals surface area contributed by atoms with Crippen molar-refractivity contribution in [2.24, 2.45) is 16.7 Å². The predicted molar refractivity (Wildman–Crippen MR) is 124 cm³/mol. The first-order valence-electron chi connectivity index (χ1n) is 12.2. The highest BCUT2D eigenvalue weighted by Crippen LogP contribution is 2.57. The number of amides is 2. The largest absolute Gasteiger partial charge is 0.343 e. The zero-order valence-corrected chi connectivity index (χ0v) is 19.6. The lowest BCUT2D eigenvalue weighted by Gasteiger charge is -2.47. The van der Waals surface area contributed by atoms with Gasteiger partial charge in [0.25, 0.3) is 0 Å². The molecule has 1 aromatic carbocycles. The van der Waals surface area contributed by atoms with Crippen LogP contribution in [-0.4, -0.2) is 72.3 Å². The molecule has 31 heavy (non-hydrogen) atoms. The van der Waals surface area contributed by atoms with Crippen molar-refractivity contribution < 1.29 is 9.59 Å². The topological polar surface area (TPSA) is 43.9 Å². The molecular formula is C26H39N3O2. The van der Waals surface area contributed by atoms with E-state index in [0.717, 1.165) is 71.5 Å². The quantitative estimate of drug-likeness (QED) is 0.701. The molecule has 3 heterocycles. The Hall–Kier alpha value is -1.88. The SMILES string of the molecule is CCN1CC[C@@]2(CN(CC(C)C)CC23CCN(C(=O)CCc2ccccc2)CC3)C1=O. The summed E-state index contributed by atoms with van der Waals surface area (Å²) in [5.41, 5.74) is 1.01. The van der Waals surface area contributed by atoms with Crippen molar-refractivity contribution in [3.63, 3.8) is 0 Å². The summed E-state index contributed by atoms with van der Waals surface area (Å²) < 4.78 is 0. The molecule has 2 amide bonds. The Labute approximate surface area is 187 Å². The van der Waals surface area contributed by atoms with E-state index in [-0.39, 0.29) is 16.7 Å². The summed E-state index contributed by atoms with van der Waals surface area (Å²) in [6.07, 6.45) is 4.28. The summed E-state index contributed by atoms with van der Waals surface area (Å²) in [4.78, 5) is 33.1. The molecule has 3 aliphatic heterocycles. The van der Waals surface area contributed by atoms with E-state index in [1.165, 1.54) is 5.56 Å². The number of likely N-dealkylation sites (tertiary alicyclic amines) is 3. The lowest BCUT2D eigenvalue weighted by molar-refractivity contribution is -0.144. The molecule has 0 N–H and O–H groups in total. The van der Waals surface area contributed by atoms with E-state index in [9.17, 15) is 9.59 Å². The van der Waals surface area contributed by atoms with Crippen molar-refractivity contribution in [1.82, 2.24) is 14.7 Å². The first-order valence-corrected chi connectivity index (χ1v) is 12.2. The number of piperidine rings is 1. The van der Waals surface area contributed by atoms with Crippen LogP contribution in [0.25, 0.3) is 0 Å². The van der Waals surface area contributed by atoms with Crippen LogP contribution in [0.4, 0.5) is 0 Å². The van der Waals surface area contributed by atoms with Crippen LogP contribution in [0.2, 0.25) is 0 Å². The van der Waals surface area contributed by atoms with Gasteiger partial charge in [0.15, 0.2) is 0 Å².